The number of carbonyl (C=O) groups excluding carboxylic acids is 1. The van der Waals surface area contributed by atoms with Crippen molar-refractivity contribution in [2.75, 3.05) is 26.3 Å². The third-order valence-electron chi connectivity index (χ3n) is 3.54. The molecule has 8 nitrogen and oxygen atoms in total. The maximum absolute atomic E-state index is 12.1. The Morgan fingerprint density at radius 3 is 2.86 bits per heavy atom. The second kappa shape index (κ2) is 6.68. The summed E-state index contributed by atoms with van der Waals surface area (Å²) >= 11 is 0. The van der Waals surface area contributed by atoms with Crippen molar-refractivity contribution in [1.82, 2.24) is 14.9 Å². The van der Waals surface area contributed by atoms with Gasteiger partial charge in [0.1, 0.15) is 0 Å². The summed E-state index contributed by atoms with van der Waals surface area (Å²) < 4.78 is 5.28. The molecule has 0 saturated carbocycles. The van der Waals surface area contributed by atoms with Crippen LogP contribution in [0.4, 0.5) is 0 Å². The molecular formula is C13H19N3O5. The van der Waals surface area contributed by atoms with Crippen molar-refractivity contribution in [3.8, 4) is 0 Å². The van der Waals surface area contributed by atoms with Gasteiger partial charge in [0.05, 0.1) is 19.3 Å². The molecule has 0 bridgehead atoms. The van der Waals surface area contributed by atoms with E-state index in [4.69, 9.17) is 9.84 Å². The number of nitrogens with zero attached hydrogens (tertiary/aromatic N) is 1. The third-order valence-corrected chi connectivity index (χ3v) is 3.54. The molecule has 1 aliphatic heterocycles. The number of ether oxygens (including phenoxy) is 1. The van der Waals surface area contributed by atoms with Gasteiger partial charge in [-0.05, 0) is 13.3 Å². The predicted molar refractivity (Wildman–Crippen MR) is 74.1 cm³/mol. The van der Waals surface area contributed by atoms with Crippen LogP contribution in [0.15, 0.2) is 9.59 Å². The van der Waals surface area contributed by atoms with Crippen LogP contribution in [-0.4, -0.2) is 58.3 Å². The van der Waals surface area contributed by atoms with Gasteiger partial charge in [-0.3, -0.25) is 14.6 Å². The van der Waals surface area contributed by atoms with Crippen LogP contribution in [0.2, 0.25) is 0 Å². The van der Waals surface area contributed by atoms with Crippen LogP contribution in [0.3, 0.4) is 0 Å². The quantitative estimate of drug-likeness (QED) is 0.627. The average Bonchev–Trinajstić information content (AvgIpc) is 2.46. The molecule has 2 rings (SSSR count). The van der Waals surface area contributed by atoms with E-state index in [1.165, 1.54) is 0 Å². The summed E-state index contributed by atoms with van der Waals surface area (Å²) in [5.41, 5.74) is -0.118. The Bertz CT molecular complexity index is 621. The zero-order valence-electron chi connectivity index (χ0n) is 11.8. The van der Waals surface area contributed by atoms with Crippen LogP contribution in [0, 0.1) is 6.92 Å². The SMILES string of the molecule is Cc1[nH]c(=O)[nH]c(=O)c1CCC(=O)N1CCOC(CO)C1. The van der Waals surface area contributed by atoms with Gasteiger partial charge in [0.15, 0.2) is 0 Å². The van der Waals surface area contributed by atoms with Crippen LogP contribution in [0.25, 0.3) is 0 Å². The Morgan fingerprint density at radius 2 is 2.19 bits per heavy atom. The van der Waals surface area contributed by atoms with Crippen molar-refractivity contribution < 1.29 is 14.6 Å². The van der Waals surface area contributed by atoms with Gasteiger partial charge in [0, 0.05) is 30.8 Å². The van der Waals surface area contributed by atoms with Gasteiger partial charge in [-0.25, -0.2) is 4.79 Å². The van der Waals surface area contributed by atoms with Crippen molar-refractivity contribution in [1.29, 1.82) is 0 Å². The molecule has 0 aromatic carbocycles. The van der Waals surface area contributed by atoms with Crippen molar-refractivity contribution in [2.45, 2.75) is 25.9 Å². The standard InChI is InChI=1S/C13H19N3O5/c1-8-10(12(19)15-13(20)14-8)2-3-11(18)16-4-5-21-9(6-16)7-17/h9,17H,2-7H2,1H3,(H2,14,15,19,20). The zero-order valence-corrected chi connectivity index (χ0v) is 11.8. The molecule has 1 amide bonds. The monoisotopic (exact) mass is 297 g/mol. The van der Waals surface area contributed by atoms with E-state index in [1.54, 1.807) is 11.8 Å². The highest BCUT2D eigenvalue weighted by atomic mass is 16.5. The first-order valence-corrected chi connectivity index (χ1v) is 6.83. The van der Waals surface area contributed by atoms with E-state index in [2.05, 4.69) is 9.97 Å². The van der Waals surface area contributed by atoms with Crippen LogP contribution >= 0.6 is 0 Å². The van der Waals surface area contributed by atoms with Gasteiger partial charge in [-0.1, -0.05) is 0 Å². The highest BCUT2D eigenvalue weighted by Crippen LogP contribution is 2.08. The first-order chi connectivity index (χ1) is 10.0. The molecule has 0 radical (unpaired) electrons. The molecule has 0 spiro atoms. The molecule has 1 saturated heterocycles. The molecule has 2 heterocycles. The maximum Gasteiger partial charge on any atom is 0.325 e. The van der Waals surface area contributed by atoms with Crippen LogP contribution < -0.4 is 11.2 Å². The number of aliphatic hydroxyl groups excluding tert-OH is 1. The van der Waals surface area contributed by atoms with Crippen LogP contribution in [0.1, 0.15) is 17.7 Å². The van der Waals surface area contributed by atoms with E-state index in [-0.39, 0.29) is 31.5 Å². The Labute approximate surface area is 120 Å². The Hall–Kier alpha value is -1.93. The number of carbonyl (C=O) groups is 1. The van der Waals surface area contributed by atoms with E-state index < -0.39 is 11.2 Å². The second-order valence-corrected chi connectivity index (χ2v) is 5.03. The number of aliphatic hydroxyl groups is 1. The fourth-order valence-corrected chi connectivity index (χ4v) is 2.37. The lowest BCUT2D eigenvalue weighted by atomic mass is 10.1. The van der Waals surface area contributed by atoms with Gasteiger partial charge in [-0.15, -0.1) is 0 Å². The van der Waals surface area contributed by atoms with E-state index in [0.717, 1.165) is 0 Å². The van der Waals surface area contributed by atoms with Gasteiger partial charge in [-0.2, -0.15) is 0 Å². The summed E-state index contributed by atoms with van der Waals surface area (Å²) in [7, 11) is 0. The molecule has 1 fully saturated rings. The van der Waals surface area contributed by atoms with E-state index in [1.807, 2.05) is 0 Å². The molecule has 0 aliphatic carbocycles. The summed E-state index contributed by atoms with van der Waals surface area (Å²) in [5, 5.41) is 9.06. The Balaban J connectivity index is 1.98. The summed E-state index contributed by atoms with van der Waals surface area (Å²) in [6.45, 7) is 2.75. The molecule has 1 unspecified atom stereocenters. The number of rotatable bonds is 4. The van der Waals surface area contributed by atoms with Gasteiger partial charge in [0.2, 0.25) is 5.91 Å². The summed E-state index contributed by atoms with van der Waals surface area (Å²) in [6.07, 6.45) is 0.0902. The maximum atomic E-state index is 12.1. The number of hydrogen-bond donors (Lipinski definition) is 3. The summed E-state index contributed by atoms with van der Waals surface area (Å²) in [5.74, 6) is -0.0956. The number of morpholine rings is 1. The first kappa shape index (κ1) is 15.5. The normalized spacial score (nSPS) is 18.8. The van der Waals surface area contributed by atoms with Crippen molar-refractivity contribution in [3.05, 3.63) is 32.1 Å². The number of nitrogens with one attached hydrogen (secondary N) is 2. The largest absolute Gasteiger partial charge is 0.394 e. The minimum absolute atomic E-state index is 0.0956. The van der Waals surface area contributed by atoms with E-state index >= 15 is 0 Å². The lowest BCUT2D eigenvalue weighted by Gasteiger charge is -2.32. The average molecular weight is 297 g/mol. The molecule has 1 atom stereocenters. The Kier molecular flexibility index (Phi) is 4.92. The molecule has 8 heteroatoms. The van der Waals surface area contributed by atoms with E-state index in [0.29, 0.717) is 31.0 Å². The predicted octanol–water partition coefficient (Wildman–Crippen LogP) is -1.48. The van der Waals surface area contributed by atoms with Crippen molar-refractivity contribution in [3.63, 3.8) is 0 Å². The molecule has 1 aliphatic rings. The van der Waals surface area contributed by atoms with Crippen LogP contribution in [-0.2, 0) is 16.0 Å². The molecule has 21 heavy (non-hydrogen) atoms. The molecule has 1 aromatic heterocycles. The third kappa shape index (κ3) is 3.79. The summed E-state index contributed by atoms with van der Waals surface area (Å²) in [6, 6.07) is 0. The lowest BCUT2D eigenvalue weighted by molar-refractivity contribution is -0.140. The molecule has 3 N–H and O–H groups in total. The summed E-state index contributed by atoms with van der Waals surface area (Å²) in [4.78, 5) is 41.2. The second-order valence-electron chi connectivity index (χ2n) is 5.03. The first-order valence-electron chi connectivity index (χ1n) is 6.83. The smallest absolute Gasteiger partial charge is 0.325 e. The highest BCUT2D eigenvalue weighted by molar-refractivity contribution is 5.76. The Morgan fingerprint density at radius 1 is 1.43 bits per heavy atom. The number of hydrogen-bond acceptors (Lipinski definition) is 5. The van der Waals surface area contributed by atoms with Gasteiger partial charge in [0.25, 0.3) is 5.56 Å². The fraction of sp³-hybridized carbons (Fsp3) is 0.615. The lowest BCUT2D eigenvalue weighted by Crippen LogP contribution is -2.47. The van der Waals surface area contributed by atoms with Gasteiger partial charge < -0.3 is 19.7 Å². The number of amides is 1. The molecular weight excluding hydrogens is 278 g/mol. The van der Waals surface area contributed by atoms with Crippen molar-refractivity contribution in [2.24, 2.45) is 0 Å². The number of aryl methyl sites for hydroxylation is 1. The van der Waals surface area contributed by atoms with E-state index in [9.17, 15) is 14.4 Å². The number of aromatic nitrogens is 2. The zero-order chi connectivity index (χ0) is 15.4. The molecule has 1 aromatic rings. The number of H-pyrrole nitrogens is 2. The minimum Gasteiger partial charge on any atom is -0.394 e. The molecule has 116 valence electrons. The van der Waals surface area contributed by atoms with Gasteiger partial charge >= 0.3 is 5.69 Å². The van der Waals surface area contributed by atoms with Crippen LogP contribution in [0.5, 0.6) is 0 Å². The highest BCUT2D eigenvalue weighted by Gasteiger charge is 2.23. The topological polar surface area (TPSA) is 115 Å². The van der Waals surface area contributed by atoms with Crippen molar-refractivity contribution >= 4 is 5.91 Å². The number of aromatic amines is 2. The fourth-order valence-electron chi connectivity index (χ4n) is 2.37. The minimum atomic E-state index is -0.549.